The molecule has 1 aliphatic heterocycles. The molecule has 2 aromatic heterocycles. The number of benzene rings is 2. The average molecular weight is 431 g/mol. The van der Waals surface area contributed by atoms with Crippen molar-refractivity contribution in [2.24, 2.45) is 0 Å². The molecule has 1 saturated heterocycles. The van der Waals surface area contributed by atoms with Gasteiger partial charge in [-0.05, 0) is 37.0 Å². The fraction of sp³-hybridized carbons (Fsp3) is 0.320. The Labute approximate surface area is 185 Å². The monoisotopic (exact) mass is 430 g/mol. The van der Waals surface area contributed by atoms with E-state index in [0.29, 0.717) is 29.9 Å². The quantitative estimate of drug-likeness (QED) is 0.489. The fourth-order valence-corrected chi connectivity index (χ4v) is 4.37. The van der Waals surface area contributed by atoms with Gasteiger partial charge in [-0.15, -0.1) is 0 Å². The number of carbonyl (C=O) groups is 1. The second-order valence-corrected chi connectivity index (χ2v) is 8.39. The maximum Gasteiger partial charge on any atom is 0.294 e. The van der Waals surface area contributed by atoms with Crippen LogP contribution in [0, 0.1) is 0 Å². The van der Waals surface area contributed by atoms with Crippen LogP contribution in [0.1, 0.15) is 30.7 Å². The number of fused-ring (bicyclic) bond motifs is 3. The second kappa shape index (κ2) is 8.96. The third kappa shape index (κ3) is 4.43. The van der Waals surface area contributed by atoms with Crippen LogP contribution in [-0.2, 0) is 17.8 Å². The van der Waals surface area contributed by atoms with Gasteiger partial charge in [0, 0.05) is 30.9 Å². The van der Waals surface area contributed by atoms with Crippen LogP contribution in [0.15, 0.2) is 63.8 Å². The number of piperidine rings is 1. The second-order valence-electron chi connectivity index (χ2n) is 8.39. The van der Waals surface area contributed by atoms with Crippen molar-refractivity contribution in [2.45, 2.75) is 38.3 Å². The molecule has 1 amide bonds. The van der Waals surface area contributed by atoms with Gasteiger partial charge in [0.1, 0.15) is 16.9 Å². The average Bonchev–Trinajstić information content (AvgIpc) is 3.19. The molecule has 0 aliphatic carbocycles. The first-order chi connectivity index (χ1) is 15.7. The zero-order valence-electron chi connectivity index (χ0n) is 17.8. The number of aromatic nitrogens is 2. The van der Waals surface area contributed by atoms with Crippen LogP contribution >= 0.6 is 0 Å². The van der Waals surface area contributed by atoms with Gasteiger partial charge >= 0.3 is 0 Å². The first kappa shape index (κ1) is 20.5. The summed E-state index contributed by atoms with van der Waals surface area (Å²) in [5.74, 6) is 0.745. The minimum Gasteiger partial charge on any atom is -0.449 e. The smallest absolute Gasteiger partial charge is 0.294 e. The van der Waals surface area contributed by atoms with Crippen LogP contribution < -0.4 is 10.9 Å². The molecule has 0 bridgehead atoms. The number of hydrogen-bond acceptors (Lipinski definition) is 5. The highest BCUT2D eigenvalue weighted by atomic mass is 16.3. The Hall–Kier alpha value is -3.45. The largest absolute Gasteiger partial charge is 0.449 e. The zero-order chi connectivity index (χ0) is 21.9. The molecule has 2 N–H and O–H groups in total. The van der Waals surface area contributed by atoms with Crippen LogP contribution in [0.2, 0.25) is 0 Å². The minimum atomic E-state index is -0.248. The molecule has 3 heterocycles. The predicted octanol–water partition coefficient (Wildman–Crippen LogP) is 3.38. The fourth-order valence-electron chi connectivity index (χ4n) is 4.37. The van der Waals surface area contributed by atoms with E-state index in [2.05, 4.69) is 20.2 Å². The van der Waals surface area contributed by atoms with Crippen molar-refractivity contribution in [3.8, 4) is 0 Å². The molecule has 7 heteroatoms. The number of aryl methyl sites for hydroxylation is 1. The van der Waals surface area contributed by atoms with Gasteiger partial charge in [0.2, 0.25) is 11.5 Å². The first-order valence-corrected chi connectivity index (χ1v) is 11.1. The van der Waals surface area contributed by atoms with Gasteiger partial charge in [-0.25, -0.2) is 4.98 Å². The molecular formula is C25H26N4O3. The van der Waals surface area contributed by atoms with Crippen molar-refractivity contribution in [3.05, 3.63) is 76.3 Å². The van der Waals surface area contributed by atoms with Gasteiger partial charge < -0.3 is 14.7 Å². The Kier molecular flexibility index (Phi) is 5.73. The molecule has 164 valence electrons. The van der Waals surface area contributed by atoms with Crippen LogP contribution in [0.25, 0.3) is 22.1 Å². The van der Waals surface area contributed by atoms with E-state index in [-0.39, 0.29) is 23.1 Å². The number of likely N-dealkylation sites (tertiary alicyclic amines) is 1. The molecule has 5 rings (SSSR count). The molecular weight excluding hydrogens is 404 g/mol. The summed E-state index contributed by atoms with van der Waals surface area (Å²) in [6.45, 7) is 2.26. The van der Waals surface area contributed by atoms with E-state index < -0.39 is 0 Å². The van der Waals surface area contributed by atoms with Crippen LogP contribution in [0.5, 0.6) is 0 Å². The number of rotatable bonds is 6. The summed E-state index contributed by atoms with van der Waals surface area (Å²) < 4.78 is 5.67. The van der Waals surface area contributed by atoms with E-state index in [0.717, 1.165) is 37.7 Å². The van der Waals surface area contributed by atoms with Crippen LogP contribution in [-0.4, -0.2) is 39.9 Å². The molecule has 0 radical (unpaired) electrons. The third-order valence-electron chi connectivity index (χ3n) is 6.09. The van der Waals surface area contributed by atoms with Gasteiger partial charge in [0.15, 0.2) is 0 Å². The van der Waals surface area contributed by atoms with Gasteiger partial charge in [-0.2, -0.15) is 0 Å². The first-order valence-electron chi connectivity index (χ1n) is 11.1. The van der Waals surface area contributed by atoms with E-state index in [1.165, 1.54) is 5.56 Å². The molecule has 0 saturated carbocycles. The Balaban J connectivity index is 1.16. The normalized spacial score (nSPS) is 15.4. The van der Waals surface area contributed by atoms with Crippen molar-refractivity contribution in [2.75, 3.05) is 13.1 Å². The van der Waals surface area contributed by atoms with E-state index in [4.69, 9.17) is 4.42 Å². The Morgan fingerprint density at radius 2 is 1.84 bits per heavy atom. The minimum absolute atomic E-state index is 0.107. The van der Waals surface area contributed by atoms with E-state index >= 15 is 0 Å². The zero-order valence-corrected chi connectivity index (χ0v) is 17.8. The number of aromatic amines is 1. The SMILES string of the molecule is O=C(CCc1ccccc1)NC1CCN(Cc2nc3c(oc4ccccc43)c(=O)[nH]2)CC1. The Bertz CT molecular complexity index is 1290. The Morgan fingerprint density at radius 3 is 2.66 bits per heavy atom. The summed E-state index contributed by atoms with van der Waals surface area (Å²) in [6.07, 6.45) is 3.04. The van der Waals surface area contributed by atoms with Crippen LogP contribution in [0.3, 0.4) is 0 Å². The molecule has 2 aromatic carbocycles. The number of hydrogen-bond donors (Lipinski definition) is 2. The predicted molar refractivity (Wildman–Crippen MR) is 123 cm³/mol. The lowest BCUT2D eigenvalue weighted by molar-refractivity contribution is -0.122. The highest BCUT2D eigenvalue weighted by molar-refractivity contribution is 6.01. The van der Waals surface area contributed by atoms with Gasteiger partial charge in [-0.1, -0.05) is 42.5 Å². The highest BCUT2D eigenvalue weighted by Crippen LogP contribution is 2.24. The van der Waals surface area contributed by atoms with E-state index in [1.807, 2.05) is 54.6 Å². The Morgan fingerprint density at radius 1 is 1.09 bits per heavy atom. The molecule has 7 nitrogen and oxygen atoms in total. The van der Waals surface area contributed by atoms with Crippen molar-refractivity contribution < 1.29 is 9.21 Å². The molecule has 0 atom stereocenters. The summed E-state index contributed by atoms with van der Waals surface area (Å²) >= 11 is 0. The van der Waals surface area contributed by atoms with Crippen molar-refractivity contribution >= 4 is 28.0 Å². The molecule has 0 unspecified atom stereocenters. The summed E-state index contributed by atoms with van der Waals surface area (Å²) in [5, 5.41) is 4.03. The van der Waals surface area contributed by atoms with Gasteiger partial charge in [0.25, 0.3) is 5.56 Å². The third-order valence-corrected chi connectivity index (χ3v) is 6.09. The number of H-pyrrole nitrogens is 1. The number of nitrogens with one attached hydrogen (secondary N) is 2. The molecule has 1 aliphatic rings. The maximum absolute atomic E-state index is 12.5. The van der Waals surface area contributed by atoms with Gasteiger partial charge in [-0.3, -0.25) is 14.5 Å². The van der Waals surface area contributed by atoms with E-state index in [9.17, 15) is 9.59 Å². The molecule has 0 spiro atoms. The summed E-state index contributed by atoms with van der Waals surface area (Å²) in [4.78, 5) is 34.6. The van der Waals surface area contributed by atoms with Crippen molar-refractivity contribution in [3.63, 3.8) is 0 Å². The summed E-state index contributed by atoms with van der Waals surface area (Å²) in [7, 11) is 0. The lowest BCUT2D eigenvalue weighted by Gasteiger charge is -2.32. The summed E-state index contributed by atoms with van der Waals surface area (Å²) in [6, 6.07) is 17.8. The molecule has 1 fully saturated rings. The molecule has 32 heavy (non-hydrogen) atoms. The maximum atomic E-state index is 12.5. The topological polar surface area (TPSA) is 91.2 Å². The lowest BCUT2D eigenvalue weighted by atomic mass is 10.0. The van der Waals surface area contributed by atoms with Crippen molar-refractivity contribution in [1.82, 2.24) is 20.2 Å². The molecule has 4 aromatic rings. The highest BCUT2D eigenvalue weighted by Gasteiger charge is 2.22. The standard InChI is InChI=1S/C25H26N4O3/c30-22(11-10-17-6-2-1-3-7-17)26-18-12-14-29(15-13-18)16-21-27-23-19-8-4-5-9-20(19)32-24(23)25(31)28-21/h1-9,18H,10-16H2,(H,26,30)(H,27,28,31). The van der Waals surface area contributed by atoms with Crippen LogP contribution in [0.4, 0.5) is 0 Å². The number of para-hydroxylation sites is 1. The van der Waals surface area contributed by atoms with Crippen molar-refractivity contribution in [1.29, 1.82) is 0 Å². The van der Waals surface area contributed by atoms with Gasteiger partial charge in [0.05, 0.1) is 6.54 Å². The van der Waals surface area contributed by atoms with E-state index in [1.54, 1.807) is 0 Å². The number of amides is 1. The lowest BCUT2D eigenvalue weighted by Crippen LogP contribution is -2.44. The number of furan rings is 1. The number of carbonyl (C=O) groups excluding carboxylic acids is 1. The summed E-state index contributed by atoms with van der Waals surface area (Å²) in [5.41, 5.74) is 2.48. The number of nitrogens with zero attached hydrogens (tertiary/aromatic N) is 2.